The molecule has 0 bridgehead atoms. The molecule has 3 heterocycles. The average Bonchev–Trinajstić information content (AvgIpc) is 3.12. The number of likely N-dealkylation sites (tertiary alicyclic amines) is 3. The van der Waals surface area contributed by atoms with Gasteiger partial charge in [0.1, 0.15) is 0 Å². The third kappa shape index (κ3) is 4.09. The summed E-state index contributed by atoms with van der Waals surface area (Å²) in [6.07, 6.45) is 12.5. The second kappa shape index (κ2) is 9.54. The van der Waals surface area contributed by atoms with Gasteiger partial charge < -0.3 is 9.80 Å². The summed E-state index contributed by atoms with van der Waals surface area (Å²) < 4.78 is 0. The standard InChI is InChI=1S/C27H39N3O2/c31-24(21-28-17-9-1-2-10-18-28)29-19-13-23(14-20-29)30-25(22-11-5-3-6-12-22)27(26(30)32)15-7-4-8-16-27/h3,5-6,11-12,23,25H,1-2,4,7-10,13-21H2. The van der Waals surface area contributed by atoms with E-state index in [1.807, 2.05) is 0 Å². The molecule has 5 heteroatoms. The molecule has 1 saturated carbocycles. The maximum Gasteiger partial charge on any atom is 0.236 e. The van der Waals surface area contributed by atoms with Crippen LogP contribution < -0.4 is 0 Å². The van der Waals surface area contributed by atoms with Gasteiger partial charge in [-0.2, -0.15) is 0 Å². The van der Waals surface area contributed by atoms with Gasteiger partial charge in [0, 0.05) is 19.1 Å². The Morgan fingerprint density at radius 1 is 0.844 bits per heavy atom. The number of carbonyl (C=O) groups is 2. The Hall–Kier alpha value is -1.88. The molecule has 4 fully saturated rings. The highest BCUT2D eigenvalue weighted by atomic mass is 16.2. The van der Waals surface area contributed by atoms with Crippen molar-refractivity contribution in [1.29, 1.82) is 0 Å². The highest BCUT2D eigenvalue weighted by Gasteiger charge is 2.62. The summed E-state index contributed by atoms with van der Waals surface area (Å²) >= 11 is 0. The van der Waals surface area contributed by atoms with E-state index in [1.54, 1.807) is 0 Å². The highest BCUT2D eigenvalue weighted by Crippen LogP contribution is 2.59. The molecule has 1 unspecified atom stereocenters. The van der Waals surface area contributed by atoms with Crippen LogP contribution in [0.4, 0.5) is 0 Å². The lowest BCUT2D eigenvalue weighted by Gasteiger charge is -2.61. The van der Waals surface area contributed by atoms with Gasteiger partial charge in [-0.15, -0.1) is 0 Å². The molecule has 2 amide bonds. The van der Waals surface area contributed by atoms with Crippen LogP contribution in [0.2, 0.25) is 0 Å². The normalized spacial score (nSPS) is 27.2. The molecule has 1 atom stereocenters. The van der Waals surface area contributed by atoms with Gasteiger partial charge in [0.25, 0.3) is 0 Å². The Bertz CT molecular complexity index is 788. The fourth-order valence-corrected chi connectivity index (χ4v) is 6.83. The zero-order chi connectivity index (χ0) is 22.0. The second-order valence-electron chi connectivity index (χ2n) is 10.5. The Labute approximate surface area is 193 Å². The zero-order valence-corrected chi connectivity index (χ0v) is 19.5. The molecule has 5 nitrogen and oxygen atoms in total. The van der Waals surface area contributed by atoms with E-state index in [0.717, 1.165) is 51.9 Å². The summed E-state index contributed by atoms with van der Waals surface area (Å²) in [6, 6.07) is 11.2. The van der Waals surface area contributed by atoms with Crippen molar-refractivity contribution < 1.29 is 9.59 Å². The number of β-lactam (4-membered cyclic amide) rings is 1. The largest absolute Gasteiger partial charge is 0.341 e. The van der Waals surface area contributed by atoms with Crippen molar-refractivity contribution in [2.45, 2.75) is 82.7 Å². The van der Waals surface area contributed by atoms with E-state index >= 15 is 0 Å². The summed E-state index contributed by atoms with van der Waals surface area (Å²) in [5.74, 6) is 0.670. The first-order valence-corrected chi connectivity index (χ1v) is 13.1. The van der Waals surface area contributed by atoms with E-state index in [2.05, 4.69) is 45.0 Å². The minimum absolute atomic E-state index is 0.167. The van der Waals surface area contributed by atoms with Crippen molar-refractivity contribution in [3.63, 3.8) is 0 Å². The molecule has 0 aromatic heterocycles. The number of piperidine rings is 1. The van der Waals surface area contributed by atoms with Crippen LogP contribution in [0.3, 0.4) is 0 Å². The van der Waals surface area contributed by atoms with E-state index in [-0.39, 0.29) is 23.4 Å². The Kier molecular flexibility index (Phi) is 6.54. The van der Waals surface area contributed by atoms with Gasteiger partial charge in [-0.25, -0.2) is 0 Å². The third-order valence-corrected chi connectivity index (χ3v) is 8.59. The lowest BCUT2D eigenvalue weighted by molar-refractivity contribution is -0.186. The van der Waals surface area contributed by atoms with Crippen molar-refractivity contribution >= 4 is 11.8 Å². The summed E-state index contributed by atoms with van der Waals surface area (Å²) in [5, 5.41) is 0. The van der Waals surface area contributed by atoms with E-state index in [4.69, 9.17) is 0 Å². The van der Waals surface area contributed by atoms with Crippen molar-refractivity contribution in [2.24, 2.45) is 5.41 Å². The molecule has 1 aliphatic carbocycles. The van der Waals surface area contributed by atoms with Crippen LogP contribution in [0.25, 0.3) is 0 Å². The summed E-state index contributed by atoms with van der Waals surface area (Å²) in [7, 11) is 0. The van der Waals surface area contributed by atoms with Crippen LogP contribution in [-0.2, 0) is 9.59 Å². The van der Waals surface area contributed by atoms with Gasteiger partial charge in [-0.1, -0.05) is 62.4 Å². The SMILES string of the molecule is O=C(CN1CCCCCC1)N1CCC(N2C(=O)C3(CCCCC3)C2c2ccccc2)CC1. The lowest BCUT2D eigenvalue weighted by Crippen LogP contribution is -2.68. The van der Waals surface area contributed by atoms with Crippen LogP contribution in [0.15, 0.2) is 30.3 Å². The molecule has 1 aromatic rings. The Morgan fingerprint density at radius 2 is 1.47 bits per heavy atom. The molecule has 1 spiro atoms. The minimum atomic E-state index is -0.167. The maximum absolute atomic E-state index is 13.6. The first kappa shape index (κ1) is 21.9. The minimum Gasteiger partial charge on any atom is -0.341 e. The smallest absolute Gasteiger partial charge is 0.236 e. The van der Waals surface area contributed by atoms with Gasteiger partial charge in [0.15, 0.2) is 0 Å². The van der Waals surface area contributed by atoms with Crippen LogP contribution in [-0.4, -0.2) is 65.3 Å². The Balaban J connectivity index is 1.23. The Morgan fingerprint density at radius 3 is 2.12 bits per heavy atom. The van der Waals surface area contributed by atoms with Crippen molar-refractivity contribution in [3.05, 3.63) is 35.9 Å². The molecule has 32 heavy (non-hydrogen) atoms. The quantitative estimate of drug-likeness (QED) is 0.657. The van der Waals surface area contributed by atoms with Gasteiger partial charge in [-0.3, -0.25) is 14.5 Å². The molecule has 3 saturated heterocycles. The van der Waals surface area contributed by atoms with E-state index in [1.165, 1.54) is 50.5 Å². The van der Waals surface area contributed by atoms with E-state index in [9.17, 15) is 9.59 Å². The van der Waals surface area contributed by atoms with Crippen molar-refractivity contribution in [2.75, 3.05) is 32.7 Å². The van der Waals surface area contributed by atoms with Crippen molar-refractivity contribution in [3.8, 4) is 0 Å². The number of hydrogen-bond donors (Lipinski definition) is 0. The number of hydrogen-bond acceptors (Lipinski definition) is 3. The number of rotatable bonds is 4. The topological polar surface area (TPSA) is 43.9 Å². The monoisotopic (exact) mass is 437 g/mol. The molecular formula is C27H39N3O2. The number of amides is 2. The molecule has 0 radical (unpaired) electrons. The zero-order valence-electron chi connectivity index (χ0n) is 19.5. The van der Waals surface area contributed by atoms with Gasteiger partial charge >= 0.3 is 0 Å². The maximum atomic E-state index is 13.6. The van der Waals surface area contributed by atoms with Crippen LogP contribution in [0.1, 0.15) is 82.2 Å². The third-order valence-electron chi connectivity index (χ3n) is 8.59. The molecule has 4 aliphatic rings. The molecule has 0 N–H and O–H groups in total. The molecular weight excluding hydrogens is 398 g/mol. The van der Waals surface area contributed by atoms with Gasteiger partial charge in [0.05, 0.1) is 18.0 Å². The van der Waals surface area contributed by atoms with Crippen molar-refractivity contribution in [1.82, 2.24) is 14.7 Å². The van der Waals surface area contributed by atoms with E-state index in [0.29, 0.717) is 12.5 Å². The van der Waals surface area contributed by atoms with Crippen LogP contribution >= 0.6 is 0 Å². The van der Waals surface area contributed by atoms with Gasteiger partial charge in [0.2, 0.25) is 11.8 Å². The first-order valence-electron chi connectivity index (χ1n) is 13.1. The predicted octanol–water partition coefficient (Wildman–Crippen LogP) is 4.39. The number of nitrogens with zero attached hydrogens (tertiary/aromatic N) is 3. The number of benzene rings is 1. The molecule has 3 aliphatic heterocycles. The fourth-order valence-electron chi connectivity index (χ4n) is 6.83. The average molecular weight is 438 g/mol. The lowest BCUT2D eigenvalue weighted by atomic mass is 9.59. The highest BCUT2D eigenvalue weighted by molar-refractivity contribution is 5.91. The summed E-state index contributed by atoms with van der Waals surface area (Å²) in [5.41, 5.74) is 1.13. The van der Waals surface area contributed by atoms with Gasteiger partial charge in [-0.05, 0) is 57.2 Å². The number of carbonyl (C=O) groups excluding carboxylic acids is 2. The van der Waals surface area contributed by atoms with Crippen LogP contribution in [0.5, 0.6) is 0 Å². The van der Waals surface area contributed by atoms with Crippen LogP contribution in [0, 0.1) is 5.41 Å². The summed E-state index contributed by atoms with van der Waals surface area (Å²) in [6.45, 7) is 4.27. The first-order chi connectivity index (χ1) is 15.7. The molecule has 1 aromatic carbocycles. The molecule has 174 valence electrons. The molecule has 5 rings (SSSR count). The predicted molar refractivity (Wildman–Crippen MR) is 126 cm³/mol. The second-order valence-corrected chi connectivity index (χ2v) is 10.5. The fraction of sp³-hybridized carbons (Fsp3) is 0.704. The summed E-state index contributed by atoms with van der Waals surface area (Å²) in [4.78, 5) is 33.1. The van der Waals surface area contributed by atoms with E-state index < -0.39 is 0 Å².